The van der Waals surface area contributed by atoms with Gasteiger partial charge in [0.2, 0.25) is 0 Å². The molecule has 3 N–H and O–H groups in total. The van der Waals surface area contributed by atoms with Gasteiger partial charge in [0.1, 0.15) is 0 Å². The van der Waals surface area contributed by atoms with Gasteiger partial charge in [-0.2, -0.15) is 0 Å². The summed E-state index contributed by atoms with van der Waals surface area (Å²) < 4.78 is 0. The van der Waals surface area contributed by atoms with Crippen LogP contribution in [-0.4, -0.2) is 17.1 Å². The van der Waals surface area contributed by atoms with E-state index in [9.17, 15) is 4.79 Å². The fourth-order valence-electron chi connectivity index (χ4n) is 0.925. The molecule has 1 rings (SSSR count). The Morgan fingerprint density at radius 2 is 2.56 bits per heavy atom. The Balaban J connectivity index is 2.62. The van der Waals surface area contributed by atoms with Crippen molar-refractivity contribution in [2.75, 3.05) is 0 Å². The van der Waals surface area contributed by atoms with E-state index in [4.69, 9.17) is 10.8 Å². The normalized spacial score (nSPS) is 25.9. The Labute approximate surface area is 53.2 Å². The van der Waals surface area contributed by atoms with E-state index < -0.39 is 5.97 Å². The van der Waals surface area contributed by atoms with Gasteiger partial charge in [-0.05, 0) is 12.8 Å². The minimum absolute atomic E-state index is 0.0314. The van der Waals surface area contributed by atoms with Crippen molar-refractivity contribution in [2.24, 2.45) is 5.73 Å². The molecule has 1 aliphatic rings. The number of rotatable bonds is 1. The zero-order valence-electron chi connectivity index (χ0n) is 5.00. The Kier molecular flexibility index (Phi) is 1.53. The molecule has 0 aromatic rings. The van der Waals surface area contributed by atoms with E-state index in [1.165, 1.54) is 0 Å². The highest BCUT2D eigenvalue weighted by atomic mass is 16.4. The first-order chi connectivity index (χ1) is 4.20. The van der Waals surface area contributed by atoms with Crippen molar-refractivity contribution in [3.05, 3.63) is 11.6 Å². The van der Waals surface area contributed by atoms with Gasteiger partial charge >= 0.3 is 5.97 Å². The van der Waals surface area contributed by atoms with Gasteiger partial charge in [-0.3, -0.25) is 0 Å². The predicted molar refractivity (Wildman–Crippen MR) is 32.9 cm³/mol. The van der Waals surface area contributed by atoms with Gasteiger partial charge < -0.3 is 10.8 Å². The molecule has 0 aliphatic heterocycles. The van der Waals surface area contributed by atoms with Gasteiger partial charge in [0.05, 0.1) is 0 Å². The van der Waals surface area contributed by atoms with Crippen LogP contribution in [0.2, 0.25) is 0 Å². The summed E-state index contributed by atoms with van der Waals surface area (Å²) in [5.74, 6) is -0.831. The summed E-state index contributed by atoms with van der Waals surface area (Å²) in [5, 5.41) is 8.41. The third-order valence-corrected chi connectivity index (χ3v) is 1.44. The van der Waals surface area contributed by atoms with Crippen LogP contribution in [-0.2, 0) is 4.79 Å². The minimum Gasteiger partial charge on any atom is -0.478 e. The molecule has 0 saturated heterocycles. The predicted octanol–water partition coefficient (Wildman–Crippen LogP) is 0.118. The van der Waals surface area contributed by atoms with E-state index in [0.29, 0.717) is 12.0 Å². The van der Waals surface area contributed by atoms with Crippen LogP contribution in [0.15, 0.2) is 11.6 Å². The van der Waals surface area contributed by atoms with Crippen molar-refractivity contribution in [1.82, 2.24) is 0 Å². The zero-order chi connectivity index (χ0) is 6.85. The lowest BCUT2D eigenvalue weighted by molar-refractivity contribution is -0.132. The number of hydrogen-bond donors (Lipinski definition) is 2. The number of aliphatic carboxylic acids is 1. The number of carboxylic acids is 1. The van der Waals surface area contributed by atoms with Crippen LogP contribution in [0.4, 0.5) is 0 Å². The topological polar surface area (TPSA) is 63.3 Å². The number of carboxylic acid groups (broad SMARTS) is 1. The summed E-state index contributed by atoms with van der Waals surface area (Å²) in [6.45, 7) is 0. The molecule has 9 heavy (non-hydrogen) atoms. The van der Waals surface area contributed by atoms with Crippen LogP contribution in [0.25, 0.3) is 0 Å². The monoisotopic (exact) mass is 127 g/mol. The fraction of sp³-hybridized carbons (Fsp3) is 0.500. The minimum atomic E-state index is -0.831. The van der Waals surface area contributed by atoms with Crippen molar-refractivity contribution < 1.29 is 9.90 Å². The van der Waals surface area contributed by atoms with Crippen LogP contribution in [0.1, 0.15) is 12.8 Å². The lowest BCUT2D eigenvalue weighted by atomic mass is 10.2. The third-order valence-electron chi connectivity index (χ3n) is 1.44. The summed E-state index contributed by atoms with van der Waals surface area (Å²) in [6.07, 6.45) is 3.01. The average Bonchev–Trinajstić information content (AvgIpc) is 2.14. The molecular formula is C6H9NO2. The van der Waals surface area contributed by atoms with E-state index in [2.05, 4.69) is 0 Å². The maximum absolute atomic E-state index is 10.2. The lowest BCUT2D eigenvalue weighted by Crippen LogP contribution is -2.12. The molecule has 1 aliphatic carbocycles. The van der Waals surface area contributed by atoms with Crippen molar-refractivity contribution >= 4 is 5.97 Å². The molecule has 0 unspecified atom stereocenters. The summed E-state index contributed by atoms with van der Waals surface area (Å²) >= 11 is 0. The lowest BCUT2D eigenvalue weighted by Gasteiger charge is -1.90. The SMILES string of the molecule is N[C@H]1C=C(C(=O)O)CC1. The molecule has 0 radical (unpaired) electrons. The van der Waals surface area contributed by atoms with Crippen LogP contribution in [0.5, 0.6) is 0 Å². The second kappa shape index (κ2) is 2.19. The molecule has 1 atom stereocenters. The van der Waals surface area contributed by atoms with Gasteiger partial charge in [-0.1, -0.05) is 6.08 Å². The molecule has 50 valence electrons. The second-order valence-electron chi connectivity index (χ2n) is 2.20. The molecule has 0 saturated carbocycles. The van der Waals surface area contributed by atoms with Crippen LogP contribution in [0, 0.1) is 0 Å². The molecule has 3 nitrogen and oxygen atoms in total. The molecular weight excluding hydrogens is 118 g/mol. The van der Waals surface area contributed by atoms with Crippen molar-refractivity contribution in [3.63, 3.8) is 0 Å². The Morgan fingerprint density at radius 3 is 2.78 bits per heavy atom. The van der Waals surface area contributed by atoms with Crippen molar-refractivity contribution in [3.8, 4) is 0 Å². The molecule has 0 amide bonds. The van der Waals surface area contributed by atoms with Crippen LogP contribution >= 0.6 is 0 Å². The van der Waals surface area contributed by atoms with Gasteiger partial charge in [0, 0.05) is 11.6 Å². The van der Waals surface area contributed by atoms with Gasteiger partial charge in [-0.15, -0.1) is 0 Å². The zero-order valence-corrected chi connectivity index (χ0v) is 5.00. The number of nitrogens with two attached hydrogens (primary N) is 1. The van der Waals surface area contributed by atoms with E-state index in [1.54, 1.807) is 6.08 Å². The molecule has 0 aromatic carbocycles. The first-order valence-corrected chi connectivity index (χ1v) is 2.89. The molecule has 0 spiro atoms. The van der Waals surface area contributed by atoms with Crippen molar-refractivity contribution in [1.29, 1.82) is 0 Å². The highest BCUT2D eigenvalue weighted by molar-refractivity contribution is 5.87. The Morgan fingerprint density at radius 1 is 1.89 bits per heavy atom. The van der Waals surface area contributed by atoms with Crippen LogP contribution < -0.4 is 5.73 Å². The molecule has 0 bridgehead atoms. The van der Waals surface area contributed by atoms with Crippen molar-refractivity contribution in [2.45, 2.75) is 18.9 Å². The largest absolute Gasteiger partial charge is 0.478 e. The number of carbonyl (C=O) groups is 1. The number of hydrogen-bond acceptors (Lipinski definition) is 2. The van der Waals surface area contributed by atoms with Gasteiger partial charge in [-0.25, -0.2) is 4.79 Å². The highest BCUT2D eigenvalue weighted by Gasteiger charge is 2.16. The molecule has 0 heterocycles. The van der Waals surface area contributed by atoms with Gasteiger partial charge in [0.15, 0.2) is 0 Å². The standard InChI is InChI=1S/C6H9NO2/c7-5-2-1-4(3-5)6(8)9/h3,5H,1-2,7H2,(H,8,9)/t5-/m1/s1. The maximum atomic E-state index is 10.2. The molecule has 3 heteroatoms. The van der Waals surface area contributed by atoms with E-state index in [-0.39, 0.29) is 6.04 Å². The smallest absolute Gasteiger partial charge is 0.331 e. The second-order valence-corrected chi connectivity index (χ2v) is 2.20. The van der Waals surface area contributed by atoms with Gasteiger partial charge in [0.25, 0.3) is 0 Å². The summed E-state index contributed by atoms with van der Waals surface area (Å²) in [7, 11) is 0. The van der Waals surface area contributed by atoms with E-state index in [1.807, 2.05) is 0 Å². The Bertz CT molecular complexity index is 162. The summed E-state index contributed by atoms with van der Waals surface area (Å²) in [5.41, 5.74) is 5.88. The van der Waals surface area contributed by atoms with Crippen LogP contribution in [0.3, 0.4) is 0 Å². The fourth-order valence-corrected chi connectivity index (χ4v) is 0.925. The third kappa shape index (κ3) is 1.29. The maximum Gasteiger partial charge on any atom is 0.331 e. The summed E-state index contributed by atoms with van der Waals surface area (Å²) in [4.78, 5) is 10.2. The molecule has 0 aromatic heterocycles. The highest BCUT2D eigenvalue weighted by Crippen LogP contribution is 2.16. The van der Waals surface area contributed by atoms with E-state index in [0.717, 1.165) is 6.42 Å². The molecule has 0 fully saturated rings. The Hall–Kier alpha value is -0.830. The average molecular weight is 127 g/mol. The first kappa shape index (κ1) is 6.29. The van der Waals surface area contributed by atoms with E-state index >= 15 is 0 Å². The summed E-state index contributed by atoms with van der Waals surface area (Å²) in [6, 6.07) is -0.0314. The first-order valence-electron chi connectivity index (χ1n) is 2.89. The quantitative estimate of drug-likeness (QED) is 0.525.